The fourth-order valence-electron chi connectivity index (χ4n) is 3.82. The van der Waals surface area contributed by atoms with Gasteiger partial charge in [-0.3, -0.25) is 9.69 Å². The van der Waals surface area contributed by atoms with E-state index in [2.05, 4.69) is 34.7 Å². The number of carbonyl (C=O) groups is 1. The van der Waals surface area contributed by atoms with Crippen molar-refractivity contribution < 1.29 is 4.79 Å². The third kappa shape index (κ3) is 4.05. The first kappa shape index (κ1) is 18.2. The largest absolute Gasteiger partial charge is 0.337 e. The molecule has 0 bridgehead atoms. The molecule has 1 fully saturated rings. The summed E-state index contributed by atoms with van der Waals surface area (Å²) in [6, 6.07) is 6.42. The molecular formula is C21H26N4OS. The summed E-state index contributed by atoms with van der Waals surface area (Å²) in [5.41, 5.74) is 2.30. The summed E-state index contributed by atoms with van der Waals surface area (Å²) in [6.45, 7) is 3.72. The zero-order chi connectivity index (χ0) is 18.6. The van der Waals surface area contributed by atoms with E-state index >= 15 is 0 Å². The first-order chi connectivity index (χ1) is 13.2. The van der Waals surface area contributed by atoms with Crippen LogP contribution in [-0.4, -0.2) is 27.0 Å². The summed E-state index contributed by atoms with van der Waals surface area (Å²) in [5, 5.41) is 0.848. The molecular weight excluding hydrogens is 356 g/mol. The topological polar surface area (TPSA) is 51.0 Å². The quantitative estimate of drug-likeness (QED) is 0.597. The molecule has 6 heteroatoms. The van der Waals surface area contributed by atoms with Crippen LogP contribution >= 0.6 is 11.3 Å². The molecule has 1 amide bonds. The number of rotatable bonds is 7. The molecule has 1 saturated carbocycles. The molecule has 0 N–H and O–H groups in total. The predicted molar refractivity (Wildman–Crippen MR) is 110 cm³/mol. The van der Waals surface area contributed by atoms with Gasteiger partial charge in [-0.15, -0.1) is 0 Å². The number of carbonyl (C=O) groups excluding carboxylic acids is 1. The number of aryl methyl sites for hydroxylation is 2. The number of aromatic nitrogens is 3. The van der Waals surface area contributed by atoms with Gasteiger partial charge in [-0.25, -0.2) is 9.97 Å². The molecule has 1 aliphatic carbocycles. The number of nitrogens with zero attached hydrogens (tertiary/aromatic N) is 4. The number of benzene rings is 1. The predicted octanol–water partition coefficient (Wildman–Crippen LogP) is 4.67. The molecule has 4 rings (SSSR count). The van der Waals surface area contributed by atoms with Gasteiger partial charge >= 0.3 is 0 Å². The number of anilines is 1. The normalized spacial score (nSPS) is 14.9. The lowest BCUT2D eigenvalue weighted by atomic mass is 10.1. The van der Waals surface area contributed by atoms with Crippen LogP contribution in [0.5, 0.6) is 0 Å². The molecule has 3 aromatic rings. The Morgan fingerprint density at radius 3 is 2.93 bits per heavy atom. The smallest absolute Gasteiger partial charge is 0.231 e. The van der Waals surface area contributed by atoms with Gasteiger partial charge in [0.25, 0.3) is 0 Å². The molecule has 0 unspecified atom stereocenters. The number of thiazole rings is 1. The minimum atomic E-state index is 0.163. The molecule has 0 radical (unpaired) electrons. The molecule has 142 valence electrons. The van der Waals surface area contributed by atoms with Crippen LogP contribution in [0.25, 0.3) is 10.2 Å². The lowest BCUT2D eigenvalue weighted by molar-refractivity contribution is -0.122. The molecule has 0 aliphatic heterocycles. The van der Waals surface area contributed by atoms with Crippen LogP contribution < -0.4 is 4.90 Å². The van der Waals surface area contributed by atoms with E-state index in [0.717, 1.165) is 42.9 Å². The minimum Gasteiger partial charge on any atom is -0.337 e. The molecule has 5 nitrogen and oxygen atoms in total. The van der Waals surface area contributed by atoms with Gasteiger partial charge < -0.3 is 4.57 Å². The van der Waals surface area contributed by atoms with Gasteiger partial charge in [-0.2, -0.15) is 0 Å². The van der Waals surface area contributed by atoms with Crippen molar-refractivity contribution in [1.29, 1.82) is 0 Å². The van der Waals surface area contributed by atoms with E-state index in [1.54, 1.807) is 17.5 Å². The number of fused-ring (bicyclic) bond motifs is 1. The Morgan fingerprint density at radius 1 is 1.33 bits per heavy atom. The van der Waals surface area contributed by atoms with Crippen molar-refractivity contribution in [3.63, 3.8) is 0 Å². The van der Waals surface area contributed by atoms with Crippen LogP contribution in [0.3, 0.4) is 0 Å². The second-order valence-electron chi connectivity index (χ2n) is 7.28. The van der Waals surface area contributed by atoms with E-state index in [4.69, 9.17) is 4.98 Å². The molecule has 0 saturated heterocycles. The lowest BCUT2D eigenvalue weighted by Gasteiger charge is -2.23. The van der Waals surface area contributed by atoms with Gasteiger partial charge in [0.2, 0.25) is 5.91 Å². The molecule has 2 heterocycles. The first-order valence-electron chi connectivity index (χ1n) is 9.91. The van der Waals surface area contributed by atoms with Crippen molar-refractivity contribution in [3.8, 4) is 0 Å². The highest BCUT2D eigenvalue weighted by Gasteiger charge is 2.29. The minimum absolute atomic E-state index is 0.163. The van der Waals surface area contributed by atoms with Crippen molar-refractivity contribution in [2.24, 2.45) is 5.92 Å². The molecule has 0 spiro atoms. The summed E-state index contributed by atoms with van der Waals surface area (Å²) in [4.78, 5) is 24.1. The van der Waals surface area contributed by atoms with Gasteiger partial charge in [0.05, 0.1) is 16.5 Å². The molecule has 1 aromatic carbocycles. The highest BCUT2D eigenvalue weighted by atomic mass is 32.1. The van der Waals surface area contributed by atoms with E-state index in [9.17, 15) is 4.79 Å². The highest BCUT2D eigenvalue weighted by Crippen LogP contribution is 2.33. The van der Waals surface area contributed by atoms with E-state index in [-0.39, 0.29) is 11.8 Å². The van der Waals surface area contributed by atoms with Gasteiger partial charge in [0, 0.05) is 31.4 Å². The number of amides is 1. The maximum atomic E-state index is 13.2. The standard InChI is InChI=1S/C21H26N4OS/c1-2-16-8-9-18-19(14-16)27-21(23-18)25(20(26)17-6-3-4-7-17)12-5-11-24-13-10-22-15-24/h8-10,13-15,17H,2-7,11-12H2,1H3. The maximum absolute atomic E-state index is 13.2. The Morgan fingerprint density at radius 2 is 2.19 bits per heavy atom. The van der Waals surface area contributed by atoms with Crippen LogP contribution in [-0.2, 0) is 17.8 Å². The van der Waals surface area contributed by atoms with Gasteiger partial charge in [0.15, 0.2) is 5.13 Å². The summed E-state index contributed by atoms with van der Waals surface area (Å²) >= 11 is 1.64. The summed E-state index contributed by atoms with van der Waals surface area (Å²) < 4.78 is 3.23. The number of imidazole rings is 1. The Balaban J connectivity index is 1.56. The fourth-order valence-corrected chi connectivity index (χ4v) is 4.88. The van der Waals surface area contributed by atoms with Crippen LogP contribution in [0.15, 0.2) is 36.9 Å². The van der Waals surface area contributed by atoms with Gasteiger partial charge in [0.1, 0.15) is 0 Å². The lowest BCUT2D eigenvalue weighted by Crippen LogP contribution is -2.36. The molecule has 1 aliphatic rings. The van der Waals surface area contributed by atoms with Crippen LogP contribution in [0.2, 0.25) is 0 Å². The third-order valence-electron chi connectivity index (χ3n) is 5.41. The monoisotopic (exact) mass is 382 g/mol. The molecule has 0 atom stereocenters. The van der Waals surface area contributed by atoms with Crippen LogP contribution in [0.1, 0.15) is 44.6 Å². The van der Waals surface area contributed by atoms with Gasteiger partial charge in [-0.05, 0) is 43.4 Å². The SMILES string of the molecule is CCc1ccc2nc(N(CCCn3ccnc3)C(=O)C3CCCC3)sc2c1. The second-order valence-corrected chi connectivity index (χ2v) is 8.29. The Labute approximate surface area is 164 Å². The Hall–Kier alpha value is -2.21. The van der Waals surface area contributed by atoms with Crippen molar-refractivity contribution in [3.05, 3.63) is 42.5 Å². The average molecular weight is 383 g/mol. The van der Waals surface area contributed by atoms with Crippen LogP contribution in [0, 0.1) is 5.92 Å². The molecule has 27 heavy (non-hydrogen) atoms. The van der Waals surface area contributed by atoms with E-state index in [1.165, 1.54) is 23.1 Å². The third-order valence-corrected chi connectivity index (χ3v) is 6.45. The van der Waals surface area contributed by atoms with E-state index in [1.807, 2.05) is 17.4 Å². The van der Waals surface area contributed by atoms with Crippen molar-refractivity contribution in [2.75, 3.05) is 11.4 Å². The highest BCUT2D eigenvalue weighted by molar-refractivity contribution is 7.22. The Bertz CT molecular complexity index is 896. The molecule has 2 aromatic heterocycles. The van der Waals surface area contributed by atoms with Crippen molar-refractivity contribution in [1.82, 2.24) is 14.5 Å². The first-order valence-corrected chi connectivity index (χ1v) is 10.7. The van der Waals surface area contributed by atoms with E-state index in [0.29, 0.717) is 6.54 Å². The van der Waals surface area contributed by atoms with Gasteiger partial charge in [-0.1, -0.05) is 37.2 Å². The van der Waals surface area contributed by atoms with Crippen molar-refractivity contribution in [2.45, 2.75) is 52.0 Å². The van der Waals surface area contributed by atoms with Crippen LogP contribution in [0.4, 0.5) is 5.13 Å². The fraction of sp³-hybridized carbons (Fsp3) is 0.476. The summed E-state index contributed by atoms with van der Waals surface area (Å²) in [7, 11) is 0. The number of hydrogen-bond donors (Lipinski definition) is 0. The van der Waals surface area contributed by atoms with E-state index < -0.39 is 0 Å². The zero-order valence-electron chi connectivity index (χ0n) is 15.8. The zero-order valence-corrected chi connectivity index (χ0v) is 16.6. The second kappa shape index (κ2) is 8.21. The average Bonchev–Trinajstić information content (AvgIpc) is 3.45. The number of hydrogen-bond acceptors (Lipinski definition) is 4. The van der Waals surface area contributed by atoms with Crippen molar-refractivity contribution >= 4 is 32.6 Å². The Kier molecular flexibility index (Phi) is 5.53. The maximum Gasteiger partial charge on any atom is 0.231 e. The summed E-state index contributed by atoms with van der Waals surface area (Å²) in [6.07, 6.45) is 11.9. The summed E-state index contributed by atoms with van der Waals surface area (Å²) in [5.74, 6) is 0.421.